The van der Waals surface area contributed by atoms with E-state index in [-0.39, 0.29) is 0 Å². The standard InChI is InChI=1S/C16H36Br2OSi2/c1-15(2,11-9-13-17)20(5,6)19-21(7,8)16(3,4)12-10-14-18/h9-14H2,1-8H3. The zero-order chi connectivity index (χ0) is 16.9. The number of halogens is 2. The molecule has 0 rings (SSSR count). The third kappa shape index (κ3) is 6.40. The Labute approximate surface area is 152 Å². The summed E-state index contributed by atoms with van der Waals surface area (Å²) in [5, 5.41) is 2.85. The molecule has 0 aromatic carbocycles. The van der Waals surface area contributed by atoms with Crippen molar-refractivity contribution in [3.8, 4) is 0 Å². The zero-order valence-electron chi connectivity index (χ0n) is 15.4. The van der Waals surface area contributed by atoms with E-state index in [1.54, 1.807) is 0 Å². The Kier molecular flexibility index (Phi) is 9.00. The van der Waals surface area contributed by atoms with Crippen LogP contribution >= 0.6 is 31.9 Å². The molecule has 21 heavy (non-hydrogen) atoms. The van der Waals surface area contributed by atoms with Crippen LogP contribution in [0.1, 0.15) is 53.4 Å². The van der Waals surface area contributed by atoms with E-state index in [0.717, 1.165) is 10.7 Å². The third-order valence-corrected chi connectivity index (χ3v) is 17.9. The maximum absolute atomic E-state index is 7.00. The van der Waals surface area contributed by atoms with Gasteiger partial charge in [-0.05, 0) is 61.9 Å². The molecule has 0 aromatic rings. The second kappa shape index (κ2) is 8.45. The third-order valence-electron chi connectivity index (χ3n) is 5.64. The predicted molar refractivity (Wildman–Crippen MR) is 110 cm³/mol. The van der Waals surface area contributed by atoms with Crippen molar-refractivity contribution in [1.29, 1.82) is 0 Å². The largest absolute Gasteiger partial charge is 0.455 e. The summed E-state index contributed by atoms with van der Waals surface area (Å²) in [6.45, 7) is 19.4. The average molecular weight is 460 g/mol. The normalized spacial score (nSPS) is 14.6. The quantitative estimate of drug-likeness (QED) is 0.245. The molecule has 0 bridgehead atoms. The molecule has 0 N–H and O–H groups in total. The van der Waals surface area contributed by atoms with Crippen molar-refractivity contribution in [2.24, 2.45) is 0 Å². The molecule has 0 spiro atoms. The summed E-state index contributed by atoms with van der Waals surface area (Å²) < 4.78 is 7.00. The molecule has 1 nitrogen and oxygen atoms in total. The van der Waals surface area contributed by atoms with E-state index in [2.05, 4.69) is 85.7 Å². The van der Waals surface area contributed by atoms with Gasteiger partial charge in [0, 0.05) is 10.7 Å². The number of hydrogen-bond acceptors (Lipinski definition) is 1. The molecule has 0 aliphatic carbocycles. The Morgan fingerprint density at radius 1 is 0.714 bits per heavy atom. The second-order valence-corrected chi connectivity index (χ2v) is 19.6. The molecule has 0 heterocycles. The van der Waals surface area contributed by atoms with Gasteiger partial charge in [0.2, 0.25) is 0 Å². The van der Waals surface area contributed by atoms with Crippen molar-refractivity contribution in [1.82, 2.24) is 0 Å². The van der Waals surface area contributed by atoms with Crippen LogP contribution in [0.2, 0.25) is 36.3 Å². The lowest BCUT2D eigenvalue weighted by atomic mass is 10.1. The minimum Gasteiger partial charge on any atom is -0.455 e. The van der Waals surface area contributed by atoms with Gasteiger partial charge in [0.05, 0.1) is 0 Å². The molecule has 0 radical (unpaired) electrons. The van der Waals surface area contributed by atoms with Gasteiger partial charge < -0.3 is 4.12 Å². The summed E-state index contributed by atoms with van der Waals surface area (Å²) in [6, 6.07) is 0. The first kappa shape index (κ1) is 22.4. The molecule has 0 unspecified atom stereocenters. The van der Waals surface area contributed by atoms with E-state index in [4.69, 9.17) is 4.12 Å². The van der Waals surface area contributed by atoms with Gasteiger partial charge >= 0.3 is 0 Å². The van der Waals surface area contributed by atoms with Crippen molar-refractivity contribution in [3.63, 3.8) is 0 Å². The molecular weight excluding hydrogens is 424 g/mol. The topological polar surface area (TPSA) is 9.23 Å². The van der Waals surface area contributed by atoms with Gasteiger partial charge in [-0.15, -0.1) is 0 Å². The van der Waals surface area contributed by atoms with E-state index in [1.165, 1.54) is 25.7 Å². The highest BCUT2D eigenvalue weighted by Gasteiger charge is 2.49. The summed E-state index contributed by atoms with van der Waals surface area (Å²) in [5.74, 6) is 0. The Morgan fingerprint density at radius 2 is 1.00 bits per heavy atom. The zero-order valence-corrected chi connectivity index (χ0v) is 20.6. The van der Waals surface area contributed by atoms with Gasteiger partial charge in [-0.25, -0.2) is 0 Å². The molecule has 0 atom stereocenters. The first-order valence-corrected chi connectivity index (χ1v) is 16.2. The summed E-state index contributed by atoms with van der Waals surface area (Å²) in [5.41, 5.74) is 0. The highest BCUT2D eigenvalue weighted by Crippen LogP contribution is 2.49. The molecule has 0 aliphatic rings. The first-order chi connectivity index (χ1) is 9.33. The van der Waals surface area contributed by atoms with Crippen LogP contribution in [0.25, 0.3) is 0 Å². The smallest absolute Gasteiger partial charge is 0.179 e. The lowest BCUT2D eigenvalue weighted by Gasteiger charge is -2.49. The Morgan fingerprint density at radius 3 is 1.24 bits per heavy atom. The molecule has 5 heteroatoms. The van der Waals surface area contributed by atoms with Gasteiger partial charge in [-0.2, -0.15) is 0 Å². The fourth-order valence-electron chi connectivity index (χ4n) is 2.53. The van der Waals surface area contributed by atoms with Crippen LogP contribution in [0.15, 0.2) is 0 Å². The van der Waals surface area contributed by atoms with Crippen molar-refractivity contribution in [2.75, 3.05) is 10.7 Å². The Balaban J connectivity index is 5.04. The van der Waals surface area contributed by atoms with Crippen LogP contribution in [0.3, 0.4) is 0 Å². The summed E-state index contributed by atoms with van der Waals surface area (Å²) in [4.78, 5) is 0. The summed E-state index contributed by atoms with van der Waals surface area (Å²) in [7, 11) is -3.45. The van der Waals surface area contributed by atoms with E-state index in [0.29, 0.717) is 10.1 Å². The van der Waals surface area contributed by atoms with Crippen molar-refractivity contribution >= 4 is 48.5 Å². The fourth-order valence-corrected chi connectivity index (χ4v) is 12.0. The first-order valence-electron chi connectivity index (χ1n) is 8.15. The fraction of sp³-hybridized carbons (Fsp3) is 1.00. The number of alkyl halides is 2. The minimum atomic E-state index is -1.72. The van der Waals surface area contributed by atoms with Crippen molar-refractivity contribution in [2.45, 2.75) is 89.6 Å². The van der Waals surface area contributed by atoms with E-state index >= 15 is 0 Å². The lowest BCUT2D eigenvalue weighted by molar-refractivity contribution is 0.409. The number of rotatable bonds is 10. The monoisotopic (exact) mass is 458 g/mol. The summed E-state index contributed by atoms with van der Waals surface area (Å²) in [6.07, 6.45) is 4.98. The molecule has 128 valence electrons. The van der Waals surface area contributed by atoms with Crippen molar-refractivity contribution < 1.29 is 4.12 Å². The van der Waals surface area contributed by atoms with Gasteiger partial charge in [0.15, 0.2) is 16.6 Å². The predicted octanol–water partition coefficient (Wildman–Crippen LogP) is 7.32. The second-order valence-electron chi connectivity index (χ2n) is 8.48. The highest BCUT2D eigenvalue weighted by molar-refractivity contribution is 9.09. The molecular formula is C16H36Br2OSi2. The van der Waals surface area contributed by atoms with Gasteiger partial charge in [0.1, 0.15) is 0 Å². The Bertz CT molecular complexity index is 285. The lowest BCUT2D eigenvalue weighted by Crippen LogP contribution is -2.55. The van der Waals surface area contributed by atoms with Crippen LogP contribution < -0.4 is 0 Å². The van der Waals surface area contributed by atoms with Crippen molar-refractivity contribution in [3.05, 3.63) is 0 Å². The Hall–Kier alpha value is 1.35. The number of hydrogen-bond donors (Lipinski definition) is 0. The molecule has 0 fully saturated rings. The van der Waals surface area contributed by atoms with Gasteiger partial charge in [-0.1, -0.05) is 59.6 Å². The van der Waals surface area contributed by atoms with Crippen LogP contribution in [0.4, 0.5) is 0 Å². The molecule has 0 aliphatic heterocycles. The molecule has 0 saturated carbocycles. The van der Waals surface area contributed by atoms with Gasteiger partial charge in [-0.3, -0.25) is 0 Å². The van der Waals surface area contributed by atoms with E-state index in [9.17, 15) is 0 Å². The van der Waals surface area contributed by atoms with Crippen LogP contribution in [-0.2, 0) is 4.12 Å². The highest BCUT2D eigenvalue weighted by atomic mass is 79.9. The van der Waals surface area contributed by atoms with Crippen LogP contribution in [0.5, 0.6) is 0 Å². The SMILES string of the molecule is CC(C)(CCCBr)[Si](C)(C)O[Si](C)(C)C(C)(C)CCCBr. The molecule has 0 saturated heterocycles. The maximum atomic E-state index is 7.00. The summed E-state index contributed by atoms with van der Waals surface area (Å²) >= 11 is 7.14. The van der Waals surface area contributed by atoms with E-state index in [1.807, 2.05) is 0 Å². The molecule has 0 amide bonds. The van der Waals surface area contributed by atoms with Crippen LogP contribution in [0, 0.1) is 0 Å². The molecule has 0 aromatic heterocycles. The van der Waals surface area contributed by atoms with Gasteiger partial charge in [0.25, 0.3) is 0 Å². The average Bonchev–Trinajstić information content (AvgIpc) is 2.32. The van der Waals surface area contributed by atoms with Crippen LogP contribution in [-0.4, -0.2) is 27.3 Å². The van der Waals surface area contributed by atoms with E-state index < -0.39 is 16.6 Å². The minimum absolute atomic E-state index is 0.330. The maximum Gasteiger partial charge on any atom is 0.179 e.